The van der Waals surface area contributed by atoms with Gasteiger partial charge in [-0.3, -0.25) is 4.79 Å². The molecule has 3 heteroatoms. The zero-order valence-electron chi connectivity index (χ0n) is 11.5. The highest BCUT2D eigenvalue weighted by molar-refractivity contribution is 5.69. The predicted octanol–water partition coefficient (Wildman–Crippen LogP) is 2.91. The van der Waals surface area contributed by atoms with E-state index in [1.807, 2.05) is 0 Å². The molecule has 0 saturated heterocycles. The van der Waals surface area contributed by atoms with Gasteiger partial charge in [0, 0.05) is 12.3 Å². The third-order valence-electron chi connectivity index (χ3n) is 4.40. The summed E-state index contributed by atoms with van der Waals surface area (Å²) < 4.78 is 4.59. The monoisotopic (exact) mass is 262 g/mol. The molecular formula is C16H22O3. The number of unbranched alkanes of at least 4 members (excludes halogenated alkanes) is 1. The summed E-state index contributed by atoms with van der Waals surface area (Å²) in [6.07, 6.45) is 14.3. The molecule has 2 rings (SSSR count). The molecule has 1 saturated carbocycles. The van der Waals surface area contributed by atoms with E-state index in [2.05, 4.69) is 29.0 Å². The second kappa shape index (κ2) is 6.69. The van der Waals surface area contributed by atoms with Crippen molar-refractivity contribution in [3.05, 3.63) is 24.3 Å². The molecule has 2 aliphatic rings. The molecule has 1 fully saturated rings. The van der Waals surface area contributed by atoms with E-state index in [4.69, 9.17) is 0 Å². The van der Waals surface area contributed by atoms with Gasteiger partial charge in [0.05, 0.1) is 7.11 Å². The molecule has 0 aromatic heterocycles. The molecule has 19 heavy (non-hydrogen) atoms. The van der Waals surface area contributed by atoms with Crippen LogP contribution < -0.4 is 0 Å². The normalized spacial score (nSPS) is 32.1. The standard InChI is InChI=1S/C16H22O3/c1-19-16(18)7-5-3-2-4-6-14-12-8-9-13(10-12)15(14)11-17/h2,4,8-9,11-15H,3,5-7,10H2,1H3. The fourth-order valence-electron chi connectivity index (χ4n) is 3.33. The topological polar surface area (TPSA) is 43.4 Å². The number of hydrogen-bond donors (Lipinski definition) is 0. The SMILES string of the molecule is COC(=O)CCCC=CCC1C2C=CC(C2)C1C=O. The van der Waals surface area contributed by atoms with Gasteiger partial charge in [-0.25, -0.2) is 0 Å². The Labute approximate surface area is 114 Å². The van der Waals surface area contributed by atoms with Crippen LogP contribution in [0.2, 0.25) is 0 Å². The first-order chi connectivity index (χ1) is 9.26. The maximum Gasteiger partial charge on any atom is 0.305 e. The van der Waals surface area contributed by atoms with E-state index in [-0.39, 0.29) is 11.9 Å². The molecule has 0 N–H and O–H groups in total. The van der Waals surface area contributed by atoms with E-state index in [0.717, 1.165) is 32.0 Å². The summed E-state index contributed by atoms with van der Waals surface area (Å²) >= 11 is 0. The maximum atomic E-state index is 11.1. The third-order valence-corrected chi connectivity index (χ3v) is 4.40. The van der Waals surface area contributed by atoms with Crippen LogP contribution in [-0.2, 0) is 14.3 Å². The molecule has 0 amide bonds. The molecule has 3 nitrogen and oxygen atoms in total. The summed E-state index contributed by atoms with van der Waals surface area (Å²) in [7, 11) is 1.42. The molecule has 4 unspecified atom stereocenters. The number of fused-ring (bicyclic) bond motifs is 2. The highest BCUT2D eigenvalue weighted by Gasteiger charge is 2.43. The number of rotatable bonds is 7. The molecule has 0 aliphatic heterocycles. The van der Waals surface area contributed by atoms with Gasteiger partial charge < -0.3 is 9.53 Å². The van der Waals surface area contributed by atoms with Crippen molar-refractivity contribution in [1.29, 1.82) is 0 Å². The van der Waals surface area contributed by atoms with Crippen molar-refractivity contribution in [1.82, 2.24) is 0 Å². The number of aldehydes is 1. The number of esters is 1. The lowest BCUT2D eigenvalue weighted by Crippen LogP contribution is -2.20. The van der Waals surface area contributed by atoms with Crippen LogP contribution in [0.25, 0.3) is 0 Å². The van der Waals surface area contributed by atoms with Crippen LogP contribution in [-0.4, -0.2) is 19.4 Å². The predicted molar refractivity (Wildman–Crippen MR) is 73.4 cm³/mol. The number of methoxy groups -OCH3 is 1. The van der Waals surface area contributed by atoms with Gasteiger partial charge in [0.1, 0.15) is 6.29 Å². The minimum Gasteiger partial charge on any atom is -0.469 e. The van der Waals surface area contributed by atoms with Gasteiger partial charge in [-0.15, -0.1) is 0 Å². The Kier molecular flexibility index (Phi) is 4.94. The first kappa shape index (κ1) is 14.0. The molecule has 0 aromatic carbocycles. The minimum atomic E-state index is -0.146. The van der Waals surface area contributed by atoms with Crippen molar-refractivity contribution in [2.75, 3.05) is 7.11 Å². The molecule has 0 radical (unpaired) electrons. The van der Waals surface area contributed by atoms with Crippen LogP contribution in [0, 0.1) is 23.7 Å². The fourth-order valence-corrected chi connectivity index (χ4v) is 3.33. The smallest absolute Gasteiger partial charge is 0.305 e. The number of carbonyl (C=O) groups excluding carboxylic acids is 2. The lowest BCUT2D eigenvalue weighted by molar-refractivity contribution is -0.140. The maximum absolute atomic E-state index is 11.1. The van der Waals surface area contributed by atoms with Crippen molar-refractivity contribution in [2.24, 2.45) is 23.7 Å². The molecule has 2 aliphatic carbocycles. The fraction of sp³-hybridized carbons (Fsp3) is 0.625. The summed E-state index contributed by atoms with van der Waals surface area (Å²) in [5, 5.41) is 0. The van der Waals surface area contributed by atoms with Crippen molar-refractivity contribution in [3.63, 3.8) is 0 Å². The van der Waals surface area contributed by atoms with Crippen LogP contribution in [0.1, 0.15) is 32.1 Å². The van der Waals surface area contributed by atoms with Gasteiger partial charge in [-0.2, -0.15) is 0 Å². The molecule has 2 bridgehead atoms. The Morgan fingerprint density at radius 1 is 1.32 bits per heavy atom. The summed E-state index contributed by atoms with van der Waals surface area (Å²) in [5.41, 5.74) is 0. The van der Waals surface area contributed by atoms with Gasteiger partial charge in [-0.1, -0.05) is 24.3 Å². The number of carbonyl (C=O) groups is 2. The van der Waals surface area contributed by atoms with Gasteiger partial charge >= 0.3 is 5.97 Å². The quantitative estimate of drug-likeness (QED) is 0.307. The Balaban J connectivity index is 1.69. The Bertz CT molecular complexity index is 383. The first-order valence-corrected chi connectivity index (χ1v) is 7.11. The van der Waals surface area contributed by atoms with Crippen molar-refractivity contribution >= 4 is 12.3 Å². The molecule has 4 atom stereocenters. The molecule has 104 valence electrons. The minimum absolute atomic E-state index is 0.146. The zero-order chi connectivity index (χ0) is 13.7. The molecule has 0 aromatic rings. The van der Waals surface area contributed by atoms with Gasteiger partial charge in [0.15, 0.2) is 0 Å². The number of allylic oxidation sites excluding steroid dienone is 4. The van der Waals surface area contributed by atoms with E-state index in [9.17, 15) is 9.59 Å². The highest BCUT2D eigenvalue weighted by atomic mass is 16.5. The van der Waals surface area contributed by atoms with E-state index in [1.165, 1.54) is 7.11 Å². The van der Waals surface area contributed by atoms with Crippen LogP contribution >= 0.6 is 0 Å². The van der Waals surface area contributed by atoms with E-state index >= 15 is 0 Å². The second-order valence-corrected chi connectivity index (χ2v) is 5.50. The number of ether oxygens (including phenoxy) is 1. The number of hydrogen-bond acceptors (Lipinski definition) is 3. The van der Waals surface area contributed by atoms with Crippen LogP contribution in [0.15, 0.2) is 24.3 Å². The molecule has 0 heterocycles. The summed E-state index contributed by atoms with van der Waals surface area (Å²) in [5.74, 6) is 1.65. The Hall–Kier alpha value is -1.38. The molecule has 0 spiro atoms. The van der Waals surface area contributed by atoms with E-state index in [0.29, 0.717) is 24.2 Å². The van der Waals surface area contributed by atoms with Crippen LogP contribution in [0.3, 0.4) is 0 Å². The van der Waals surface area contributed by atoms with Gasteiger partial charge in [0.2, 0.25) is 0 Å². The lowest BCUT2D eigenvalue weighted by atomic mass is 9.82. The molecular weight excluding hydrogens is 240 g/mol. The summed E-state index contributed by atoms with van der Waals surface area (Å²) in [6, 6.07) is 0. The van der Waals surface area contributed by atoms with Crippen LogP contribution in [0.5, 0.6) is 0 Å². The third kappa shape index (κ3) is 3.34. The summed E-state index contributed by atoms with van der Waals surface area (Å²) in [6.45, 7) is 0. The van der Waals surface area contributed by atoms with Gasteiger partial charge in [0.25, 0.3) is 0 Å². The first-order valence-electron chi connectivity index (χ1n) is 7.11. The highest BCUT2D eigenvalue weighted by Crippen LogP contribution is 2.48. The van der Waals surface area contributed by atoms with Crippen molar-refractivity contribution < 1.29 is 14.3 Å². The van der Waals surface area contributed by atoms with E-state index in [1.54, 1.807) is 0 Å². The largest absolute Gasteiger partial charge is 0.469 e. The van der Waals surface area contributed by atoms with Crippen LogP contribution in [0.4, 0.5) is 0 Å². The Morgan fingerprint density at radius 2 is 2.11 bits per heavy atom. The zero-order valence-corrected chi connectivity index (χ0v) is 11.5. The summed E-state index contributed by atoms with van der Waals surface area (Å²) in [4.78, 5) is 22.1. The second-order valence-electron chi connectivity index (χ2n) is 5.50. The Morgan fingerprint density at radius 3 is 2.84 bits per heavy atom. The van der Waals surface area contributed by atoms with Crippen molar-refractivity contribution in [2.45, 2.75) is 32.1 Å². The van der Waals surface area contributed by atoms with E-state index < -0.39 is 0 Å². The van der Waals surface area contributed by atoms with Crippen molar-refractivity contribution in [3.8, 4) is 0 Å². The average Bonchev–Trinajstić information content (AvgIpc) is 3.02. The lowest BCUT2D eigenvalue weighted by Gasteiger charge is -2.22. The van der Waals surface area contributed by atoms with Gasteiger partial charge in [-0.05, 0) is 43.4 Å². The average molecular weight is 262 g/mol.